The minimum atomic E-state index is -4.97. The second kappa shape index (κ2) is 75.1. The number of phosphoric ester groups is 2. The fourth-order valence-corrected chi connectivity index (χ4v) is 14.7. The molecule has 3 N–H and O–H groups in total. The molecule has 0 rings (SSSR count). The summed E-state index contributed by atoms with van der Waals surface area (Å²) in [6.07, 6.45) is 65.3. The van der Waals surface area contributed by atoms with Gasteiger partial charge in [-0.05, 0) is 43.4 Å². The molecular weight excluding hydrogens is 1350 g/mol. The van der Waals surface area contributed by atoms with E-state index in [-0.39, 0.29) is 25.7 Å². The van der Waals surface area contributed by atoms with Crippen LogP contribution in [0.25, 0.3) is 0 Å². The molecule has 618 valence electrons. The van der Waals surface area contributed by atoms with E-state index in [1.807, 2.05) is 0 Å². The molecule has 0 bridgehead atoms. The summed E-state index contributed by atoms with van der Waals surface area (Å²) in [5.41, 5.74) is 0. The van der Waals surface area contributed by atoms with E-state index in [0.29, 0.717) is 31.6 Å². The van der Waals surface area contributed by atoms with Crippen LogP contribution in [0.3, 0.4) is 0 Å². The van der Waals surface area contributed by atoms with Gasteiger partial charge in [0.2, 0.25) is 0 Å². The van der Waals surface area contributed by atoms with Crippen LogP contribution in [-0.4, -0.2) is 96.7 Å². The highest BCUT2D eigenvalue weighted by atomic mass is 31.2. The van der Waals surface area contributed by atoms with Crippen LogP contribution in [0.15, 0.2) is 0 Å². The molecule has 19 heteroatoms. The predicted molar refractivity (Wildman–Crippen MR) is 428 cm³/mol. The Morgan fingerprint density at radius 1 is 0.279 bits per heavy atom. The van der Waals surface area contributed by atoms with Crippen molar-refractivity contribution in [3.63, 3.8) is 0 Å². The highest BCUT2D eigenvalue weighted by molar-refractivity contribution is 7.47. The van der Waals surface area contributed by atoms with E-state index >= 15 is 0 Å². The number of phosphoric acid groups is 2. The van der Waals surface area contributed by atoms with Crippen molar-refractivity contribution in [2.45, 2.75) is 465 Å². The second-order valence-electron chi connectivity index (χ2n) is 31.8. The van der Waals surface area contributed by atoms with Gasteiger partial charge >= 0.3 is 39.5 Å². The van der Waals surface area contributed by atoms with Crippen molar-refractivity contribution in [2.24, 2.45) is 17.8 Å². The van der Waals surface area contributed by atoms with Crippen molar-refractivity contribution in [3.8, 4) is 0 Å². The second-order valence-corrected chi connectivity index (χ2v) is 34.7. The van der Waals surface area contributed by atoms with E-state index < -0.39 is 97.5 Å². The highest BCUT2D eigenvalue weighted by Gasteiger charge is 2.30. The van der Waals surface area contributed by atoms with Crippen LogP contribution < -0.4 is 0 Å². The number of hydrogen-bond donors (Lipinski definition) is 3. The molecule has 3 unspecified atom stereocenters. The molecule has 0 fully saturated rings. The average molecular weight is 1520 g/mol. The van der Waals surface area contributed by atoms with Crippen LogP contribution in [0, 0.1) is 17.8 Å². The fraction of sp³-hybridized carbons (Fsp3) is 0.953. The number of hydrogen-bond acceptors (Lipinski definition) is 15. The number of esters is 4. The van der Waals surface area contributed by atoms with Gasteiger partial charge in [-0.1, -0.05) is 395 Å². The predicted octanol–water partition coefficient (Wildman–Crippen LogP) is 25.7. The Balaban J connectivity index is 5.22. The van der Waals surface area contributed by atoms with Crippen LogP contribution in [0.2, 0.25) is 0 Å². The molecule has 0 heterocycles. The summed E-state index contributed by atoms with van der Waals surface area (Å²) in [6.45, 7) is 12.0. The average Bonchev–Trinajstić information content (AvgIpc) is 0.911. The van der Waals surface area contributed by atoms with E-state index in [1.165, 1.54) is 250 Å². The van der Waals surface area contributed by atoms with Gasteiger partial charge in [0, 0.05) is 25.7 Å². The Hall–Kier alpha value is -1.94. The number of carbonyl (C=O) groups is 4. The minimum Gasteiger partial charge on any atom is -0.462 e. The normalized spacial score (nSPS) is 14.2. The highest BCUT2D eigenvalue weighted by Crippen LogP contribution is 2.45. The van der Waals surface area contributed by atoms with Gasteiger partial charge in [-0.25, -0.2) is 9.13 Å². The first-order valence-corrected chi connectivity index (χ1v) is 46.9. The SMILES string of the molecule is CCCCCCCCCCCCCCCCCCC(=O)O[C@H](COC(=O)CCCCCCCCCC(C)C)COP(=O)(O)OC[C@H](O)COP(=O)(O)OC[C@@H](COC(=O)CCCCCCCCCCCCCCCC(C)C)OC(=O)CCCCCCCCCCCCCCCCCCCCC(C)CC. The minimum absolute atomic E-state index is 0.108. The van der Waals surface area contributed by atoms with Gasteiger partial charge in [-0.3, -0.25) is 37.3 Å². The third-order valence-electron chi connectivity index (χ3n) is 20.2. The zero-order valence-electron chi connectivity index (χ0n) is 68.5. The molecule has 0 saturated carbocycles. The largest absolute Gasteiger partial charge is 0.472 e. The van der Waals surface area contributed by atoms with Crippen molar-refractivity contribution in [3.05, 3.63) is 0 Å². The van der Waals surface area contributed by atoms with Crippen molar-refractivity contribution < 1.29 is 80.2 Å². The molecule has 0 radical (unpaired) electrons. The topological polar surface area (TPSA) is 237 Å². The third-order valence-corrected chi connectivity index (χ3v) is 22.1. The number of aliphatic hydroxyl groups is 1. The first-order valence-electron chi connectivity index (χ1n) is 43.9. The van der Waals surface area contributed by atoms with Crippen molar-refractivity contribution in [2.75, 3.05) is 39.6 Å². The fourth-order valence-electron chi connectivity index (χ4n) is 13.2. The lowest BCUT2D eigenvalue weighted by molar-refractivity contribution is -0.161. The molecule has 0 aromatic carbocycles. The third kappa shape index (κ3) is 76.8. The lowest BCUT2D eigenvalue weighted by Crippen LogP contribution is -2.30. The maximum absolute atomic E-state index is 13.1. The smallest absolute Gasteiger partial charge is 0.462 e. The molecule has 6 atom stereocenters. The monoisotopic (exact) mass is 1520 g/mol. The van der Waals surface area contributed by atoms with Crippen LogP contribution in [0.1, 0.15) is 447 Å². The van der Waals surface area contributed by atoms with Gasteiger partial charge in [0.05, 0.1) is 26.4 Å². The lowest BCUT2D eigenvalue weighted by atomic mass is 9.99. The van der Waals surface area contributed by atoms with Crippen molar-refractivity contribution in [1.82, 2.24) is 0 Å². The molecule has 0 aromatic rings. The van der Waals surface area contributed by atoms with Gasteiger partial charge in [0.25, 0.3) is 0 Å². The lowest BCUT2D eigenvalue weighted by Gasteiger charge is -2.21. The quantitative estimate of drug-likeness (QED) is 0.0222. The van der Waals surface area contributed by atoms with Gasteiger partial charge in [-0.2, -0.15) is 0 Å². The van der Waals surface area contributed by atoms with Gasteiger partial charge in [0.15, 0.2) is 12.2 Å². The first-order chi connectivity index (χ1) is 50.3. The molecule has 104 heavy (non-hydrogen) atoms. The Kier molecular flexibility index (Phi) is 73.7. The molecule has 0 aromatic heterocycles. The summed E-state index contributed by atoms with van der Waals surface area (Å²) in [5.74, 6) is 0.261. The summed E-state index contributed by atoms with van der Waals surface area (Å²) < 4.78 is 68.8. The van der Waals surface area contributed by atoms with E-state index in [9.17, 15) is 43.2 Å². The van der Waals surface area contributed by atoms with Crippen molar-refractivity contribution >= 4 is 39.5 Å². The van der Waals surface area contributed by atoms with Crippen molar-refractivity contribution in [1.29, 1.82) is 0 Å². The van der Waals surface area contributed by atoms with Gasteiger partial charge in [0.1, 0.15) is 19.3 Å². The first kappa shape index (κ1) is 102. The van der Waals surface area contributed by atoms with Crippen LogP contribution in [0.4, 0.5) is 0 Å². The number of ether oxygens (including phenoxy) is 4. The number of carbonyl (C=O) groups excluding carboxylic acids is 4. The number of unbranched alkanes of at least 4 members (excludes halogenated alkanes) is 50. The molecule has 0 aliphatic rings. The molecule has 0 aliphatic carbocycles. The van der Waals surface area contributed by atoms with Crippen LogP contribution in [-0.2, 0) is 65.4 Å². The van der Waals surface area contributed by atoms with Crippen LogP contribution in [0.5, 0.6) is 0 Å². The molecule has 0 amide bonds. The zero-order chi connectivity index (χ0) is 76.5. The van der Waals surface area contributed by atoms with Gasteiger partial charge < -0.3 is 33.8 Å². The Labute approximate surface area is 638 Å². The van der Waals surface area contributed by atoms with E-state index in [1.54, 1.807) is 0 Å². The molecular formula is C85H166O17P2. The summed E-state index contributed by atoms with van der Waals surface area (Å²) in [4.78, 5) is 73.2. The number of rotatable bonds is 83. The van der Waals surface area contributed by atoms with E-state index in [4.69, 9.17) is 37.0 Å². The molecule has 0 spiro atoms. The maximum atomic E-state index is 13.1. The molecule has 0 saturated heterocycles. The summed E-state index contributed by atoms with van der Waals surface area (Å²) >= 11 is 0. The molecule has 17 nitrogen and oxygen atoms in total. The standard InChI is InChI=1S/C85H166O17P2/c1-8-10-11-12-13-14-15-16-17-23-28-34-39-46-54-61-69-85(90)102-81(73-96-83(88)67-60-53-48-41-43-50-57-64-77(5)6)75-100-104(93,94)98-71-79(86)70-97-103(91,92)99-74-80(72-95-82(87)66-59-52-45-38-33-30-25-26-31-36-42-49-56-63-76(3)4)101-84(89)68-62-55-47-40-35-29-24-21-19-18-20-22-27-32-37-44-51-58-65-78(7)9-2/h76-81,86H,8-75H2,1-7H3,(H,91,92)(H,93,94)/t78?,79-,80-,81-/m1/s1. The molecule has 0 aliphatic heterocycles. The number of aliphatic hydroxyl groups excluding tert-OH is 1. The summed E-state index contributed by atoms with van der Waals surface area (Å²) in [5, 5.41) is 10.7. The van der Waals surface area contributed by atoms with E-state index in [0.717, 1.165) is 108 Å². The Morgan fingerprint density at radius 2 is 0.490 bits per heavy atom. The van der Waals surface area contributed by atoms with E-state index in [2.05, 4.69) is 48.5 Å². The Morgan fingerprint density at radius 3 is 0.731 bits per heavy atom. The maximum Gasteiger partial charge on any atom is 0.472 e. The summed E-state index contributed by atoms with van der Waals surface area (Å²) in [7, 11) is -9.93. The van der Waals surface area contributed by atoms with Gasteiger partial charge in [-0.15, -0.1) is 0 Å². The summed E-state index contributed by atoms with van der Waals surface area (Å²) in [6, 6.07) is 0. The Bertz CT molecular complexity index is 2010. The zero-order valence-corrected chi connectivity index (χ0v) is 70.3. The van der Waals surface area contributed by atoms with Crippen LogP contribution >= 0.6 is 15.6 Å².